The topological polar surface area (TPSA) is 62.4 Å². The van der Waals surface area contributed by atoms with E-state index in [1.807, 2.05) is 19.1 Å². The lowest BCUT2D eigenvalue weighted by molar-refractivity contribution is -0.109. The van der Waals surface area contributed by atoms with Gasteiger partial charge in [-0.15, -0.1) is 0 Å². The first-order chi connectivity index (χ1) is 7.76. The molecule has 5 nitrogen and oxygen atoms in total. The maximum atomic E-state index is 10.0. The van der Waals surface area contributed by atoms with E-state index in [9.17, 15) is 4.79 Å². The maximum absolute atomic E-state index is 10.0. The van der Waals surface area contributed by atoms with Crippen molar-refractivity contribution in [3.8, 4) is 0 Å². The monoisotopic (exact) mass is 239 g/mol. The number of carbonyl (C=O) groups is 1. The van der Waals surface area contributed by atoms with Crippen LogP contribution in [0.15, 0.2) is 24.3 Å². The van der Waals surface area contributed by atoms with Crippen LogP contribution in [0.2, 0.25) is 0 Å². The molecule has 0 saturated carbocycles. The number of nitrogens with one attached hydrogen (secondary N) is 3. The third-order valence-corrected chi connectivity index (χ3v) is 1.90. The van der Waals surface area contributed by atoms with E-state index in [0.717, 1.165) is 11.4 Å². The Labute approximate surface area is 99.1 Å². The molecule has 0 saturated heterocycles. The van der Waals surface area contributed by atoms with Gasteiger partial charge in [0.2, 0.25) is 6.41 Å². The lowest BCUT2D eigenvalue weighted by atomic mass is 10.3. The summed E-state index contributed by atoms with van der Waals surface area (Å²) in [4.78, 5) is 10.0. The summed E-state index contributed by atoms with van der Waals surface area (Å²) in [6.45, 7) is 2.40. The van der Waals surface area contributed by atoms with Crippen LogP contribution >= 0.6 is 12.2 Å². The van der Waals surface area contributed by atoms with Crippen LogP contribution < -0.4 is 16.2 Å². The van der Waals surface area contributed by atoms with Gasteiger partial charge in [0.05, 0.1) is 12.3 Å². The van der Waals surface area contributed by atoms with Gasteiger partial charge in [-0.25, -0.2) is 0 Å². The van der Waals surface area contributed by atoms with Crippen LogP contribution in [-0.4, -0.2) is 18.2 Å². The highest BCUT2D eigenvalue weighted by Gasteiger charge is 1.97. The molecule has 6 heteroatoms. The van der Waals surface area contributed by atoms with E-state index in [4.69, 9.17) is 17.0 Å². The Morgan fingerprint density at radius 3 is 2.56 bits per heavy atom. The maximum Gasteiger partial charge on any atom is 0.261 e. The summed E-state index contributed by atoms with van der Waals surface area (Å²) in [5.74, 6) is 0. The SMILES string of the molecule is CCOC(=S)Nc1ccc(NNC=O)cc1. The molecule has 0 heterocycles. The molecule has 1 rings (SSSR count). The minimum Gasteiger partial charge on any atom is -0.471 e. The summed E-state index contributed by atoms with van der Waals surface area (Å²) < 4.78 is 5.09. The zero-order valence-electron chi connectivity index (χ0n) is 8.82. The molecule has 0 radical (unpaired) electrons. The van der Waals surface area contributed by atoms with Crippen LogP contribution in [0.25, 0.3) is 0 Å². The number of benzene rings is 1. The van der Waals surface area contributed by atoms with Gasteiger partial charge in [-0.2, -0.15) is 0 Å². The fourth-order valence-corrected chi connectivity index (χ4v) is 1.27. The Hall–Kier alpha value is -1.82. The predicted octanol–water partition coefficient (Wildman–Crippen LogP) is 1.49. The van der Waals surface area contributed by atoms with E-state index in [2.05, 4.69) is 16.2 Å². The smallest absolute Gasteiger partial charge is 0.261 e. The fourth-order valence-electron chi connectivity index (χ4n) is 1.03. The number of carbonyl (C=O) groups excluding carboxylic acids is 1. The minimum absolute atomic E-state index is 0.342. The molecular formula is C10H13N3O2S. The lowest BCUT2D eigenvalue weighted by Gasteiger charge is -2.09. The first-order valence-corrected chi connectivity index (χ1v) is 5.16. The number of anilines is 2. The molecule has 16 heavy (non-hydrogen) atoms. The molecule has 0 atom stereocenters. The standard InChI is InChI=1S/C10H13N3O2S/c1-2-15-10(16)12-8-3-5-9(6-4-8)13-11-7-14/h3-7,13H,2H2,1H3,(H,11,14)(H,12,16). The van der Waals surface area contributed by atoms with Gasteiger partial charge in [0, 0.05) is 5.69 Å². The minimum atomic E-state index is 0.342. The quantitative estimate of drug-likeness (QED) is 0.413. The van der Waals surface area contributed by atoms with Crippen molar-refractivity contribution in [3.63, 3.8) is 0 Å². The summed E-state index contributed by atoms with van der Waals surface area (Å²) in [6.07, 6.45) is 0.566. The number of hydrogen-bond donors (Lipinski definition) is 3. The van der Waals surface area contributed by atoms with Crippen LogP contribution in [0.1, 0.15) is 6.92 Å². The third-order valence-electron chi connectivity index (χ3n) is 1.68. The molecule has 3 N–H and O–H groups in total. The molecule has 86 valence electrons. The summed E-state index contributed by atoms with van der Waals surface area (Å²) in [5, 5.41) is 3.26. The molecule has 0 unspecified atom stereocenters. The molecule has 0 aliphatic rings. The molecular weight excluding hydrogens is 226 g/mol. The van der Waals surface area contributed by atoms with E-state index in [1.165, 1.54) is 0 Å². The number of amides is 1. The number of ether oxygens (including phenoxy) is 1. The van der Waals surface area contributed by atoms with Crippen LogP contribution in [0.4, 0.5) is 11.4 Å². The van der Waals surface area contributed by atoms with Crippen LogP contribution in [0.5, 0.6) is 0 Å². The van der Waals surface area contributed by atoms with Crippen molar-refractivity contribution in [2.45, 2.75) is 6.92 Å². The fraction of sp³-hybridized carbons (Fsp3) is 0.200. The van der Waals surface area contributed by atoms with Crippen molar-refractivity contribution >= 4 is 35.2 Å². The molecule has 0 spiro atoms. The van der Waals surface area contributed by atoms with Gasteiger partial charge >= 0.3 is 0 Å². The number of hydrogen-bond acceptors (Lipinski definition) is 4. The Morgan fingerprint density at radius 1 is 1.38 bits per heavy atom. The Balaban J connectivity index is 2.50. The summed E-state index contributed by atoms with van der Waals surface area (Å²) >= 11 is 4.93. The average Bonchev–Trinajstić information content (AvgIpc) is 2.28. The molecule has 0 fully saturated rings. The van der Waals surface area contributed by atoms with Crippen molar-refractivity contribution < 1.29 is 9.53 Å². The second kappa shape index (κ2) is 6.62. The van der Waals surface area contributed by atoms with Gasteiger partial charge in [0.15, 0.2) is 0 Å². The normalized spacial score (nSPS) is 9.06. The first-order valence-electron chi connectivity index (χ1n) is 4.75. The van der Waals surface area contributed by atoms with Gasteiger partial charge in [-0.05, 0) is 43.4 Å². The van der Waals surface area contributed by atoms with E-state index in [0.29, 0.717) is 18.2 Å². The number of rotatable bonds is 5. The highest BCUT2D eigenvalue weighted by atomic mass is 32.1. The zero-order valence-corrected chi connectivity index (χ0v) is 9.64. The lowest BCUT2D eigenvalue weighted by Crippen LogP contribution is -2.18. The van der Waals surface area contributed by atoms with Crippen molar-refractivity contribution in [3.05, 3.63) is 24.3 Å². The second-order valence-electron chi connectivity index (χ2n) is 2.81. The van der Waals surface area contributed by atoms with Gasteiger partial charge in [-0.3, -0.25) is 15.6 Å². The van der Waals surface area contributed by atoms with Crippen LogP contribution in [-0.2, 0) is 9.53 Å². The van der Waals surface area contributed by atoms with E-state index < -0.39 is 0 Å². The second-order valence-corrected chi connectivity index (χ2v) is 3.18. The highest BCUT2D eigenvalue weighted by molar-refractivity contribution is 7.80. The van der Waals surface area contributed by atoms with E-state index >= 15 is 0 Å². The molecule has 0 aromatic heterocycles. The van der Waals surface area contributed by atoms with Crippen molar-refractivity contribution in [2.24, 2.45) is 0 Å². The zero-order chi connectivity index (χ0) is 11.8. The largest absolute Gasteiger partial charge is 0.471 e. The molecule has 0 aliphatic carbocycles. The Bertz CT molecular complexity index is 354. The van der Waals surface area contributed by atoms with Gasteiger partial charge in [0.1, 0.15) is 0 Å². The van der Waals surface area contributed by atoms with E-state index in [1.54, 1.807) is 12.1 Å². The Kier molecular flexibility index (Phi) is 5.07. The van der Waals surface area contributed by atoms with Crippen LogP contribution in [0, 0.1) is 0 Å². The molecule has 1 aromatic carbocycles. The molecule has 0 bridgehead atoms. The number of thiocarbonyl (C=S) groups is 1. The summed E-state index contributed by atoms with van der Waals surface area (Å²) in [7, 11) is 0. The third kappa shape index (κ3) is 4.14. The number of hydrazine groups is 1. The molecule has 1 amide bonds. The van der Waals surface area contributed by atoms with Gasteiger partial charge in [0.25, 0.3) is 5.17 Å². The van der Waals surface area contributed by atoms with Crippen LogP contribution in [0.3, 0.4) is 0 Å². The summed E-state index contributed by atoms with van der Waals surface area (Å²) in [6, 6.07) is 7.24. The summed E-state index contributed by atoms with van der Waals surface area (Å²) in [5.41, 5.74) is 6.64. The molecule has 1 aromatic rings. The van der Waals surface area contributed by atoms with E-state index in [-0.39, 0.29) is 0 Å². The van der Waals surface area contributed by atoms with Gasteiger partial charge in [-0.1, -0.05) is 0 Å². The van der Waals surface area contributed by atoms with Gasteiger partial charge < -0.3 is 10.1 Å². The predicted molar refractivity (Wildman–Crippen MR) is 67.1 cm³/mol. The van der Waals surface area contributed by atoms with Crippen molar-refractivity contribution in [1.82, 2.24) is 5.43 Å². The first kappa shape index (κ1) is 12.3. The molecule has 0 aliphatic heterocycles. The Morgan fingerprint density at radius 2 is 2.00 bits per heavy atom. The average molecular weight is 239 g/mol. The van der Waals surface area contributed by atoms with Crippen molar-refractivity contribution in [1.29, 1.82) is 0 Å². The highest BCUT2D eigenvalue weighted by Crippen LogP contribution is 2.12. The van der Waals surface area contributed by atoms with Crippen molar-refractivity contribution in [2.75, 3.05) is 17.3 Å².